The molecule has 0 unspecified atom stereocenters. The van der Waals surface area contributed by atoms with Crippen molar-refractivity contribution in [2.24, 2.45) is 0 Å². The number of nitrogens with zero attached hydrogens (tertiary/aromatic N) is 1. The molecule has 1 fully saturated rings. The third-order valence-electron chi connectivity index (χ3n) is 5.94. The van der Waals surface area contributed by atoms with Gasteiger partial charge in [-0.15, -0.1) is 0 Å². The molecule has 0 aromatic heterocycles. The number of amides is 2. The molecule has 1 saturated heterocycles. The Morgan fingerprint density at radius 1 is 1.00 bits per heavy atom. The lowest BCUT2D eigenvalue weighted by atomic mass is 10.1. The minimum Gasteiger partial charge on any atom is -0.490 e. The highest BCUT2D eigenvalue weighted by atomic mass is 32.2. The van der Waals surface area contributed by atoms with E-state index in [4.69, 9.17) is 21.7 Å². The van der Waals surface area contributed by atoms with Gasteiger partial charge in [-0.05, 0) is 60.7 Å². The summed E-state index contributed by atoms with van der Waals surface area (Å²) < 4.78 is 12.1. The second kappa shape index (κ2) is 13.3. The lowest BCUT2D eigenvalue weighted by molar-refractivity contribution is -0.122. The zero-order valence-corrected chi connectivity index (χ0v) is 23.1. The van der Waals surface area contributed by atoms with Crippen molar-refractivity contribution in [3.63, 3.8) is 0 Å². The monoisotopic (exact) mass is 546 g/mol. The van der Waals surface area contributed by atoms with E-state index < -0.39 is 0 Å². The minimum atomic E-state index is -0.253. The molecule has 1 N–H and O–H groups in total. The number of aryl methyl sites for hydroxylation is 1. The quantitative estimate of drug-likeness (QED) is 0.231. The maximum atomic E-state index is 13.0. The van der Waals surface area contributed by atoms with Crippen LogP contribution in [0.25, 0.3) is 6.08 Å². The first-order chi connectivity index (χ1) is 18.5. The average Bonchev–Trinajstić information content (AvgIpc) is 3.19. The van der Waals surface area contributed by atoms with Crippen molar-refractivity contribution in [3.8, 4) is 11.5 Å². The van der Waals surface area contributed by atoms with Crippen molar-refractivity contribution in [2.45, 2.75) is 26.7 Å². The maximum absolute atomic E-state index is 13.0. The molecule has 1 aliphatic rings. The fraction of sp³-hybridized carbons (Fsp3) is 0.233. The highest BCUT2D eigenvalue weighted by Crippen LogP contribution is 2.35. The SMILES string of the molecule is CCOc1cc(/C=C2\SC(=S)N(CCc3ccccc3)C2=O)ccc1OCC(=O)Nc1ccccc1CC. The number of thioether (sulfide) groups is 1. The molecule has 0 atom stereocenters. The molecular formula is C30H30N2O4S2. The Balaban J connectivity index is 1.41. The summed E-state index contributed by atoms with van der Waals surface area (Å²) in [6, 6.07) is 23.1. The van der Waals surface area contributed by atoms with E-state index in [-0.39, 0.29) is 18.4 Å². The van der Waals surface area contributed by atoms with Crippen molar-refractivity contribution in [1.82, 2.24) is 4.90 Å². The summed E-state index contributed by atoms with van der Waals surface area (Å²) in [5.74, 6) is 0.607. The number of hydrogen-bond donors (Lipinski definition) is 1. The van der Waals surface area contributed by atoms with Gasteiger partial charge >= 0.3 is 0 Å². The second-order valence-electron chi connectivity index (χ2n) is 8.56. The Labute approximate surface area is 233 Å². The van der Waals surface area contributed by atoms with Crippen LogP contribution < -0.4 is 14.8 Å². The largest absolute Gasteiger partial charge is 0.490 e. The van der Waals surface area contributed by atoms with Gasteiger partial charge in [0, 0.05) is 12.2 Å². The summed E-state index contributed by atoms with van der Waals surface area (Å²) >= 11 is 6.78. The number of rotatable bonds is 11. The first kappa shape index (κ1) is 27.4. The first-order valence-corrected chi connectivity index (χ1v) is 13.8. The highest BCUT2D eigenvalue weighted by Gasteiger charge is 2.31. The van der Waals surface area contributed by atoms with E-state index in [1.165, 1.54) is 11.8 Å². The van der Waals surface area contributed by atoms with Gasteiger partial charge < -0.3 is 14.8 Å². The van der Waals surface area contributed by atoms with Crippen LogP contribution >= 0.6 is 24.0 Å². The van der Waals surface area contributed by atoms with E-state index in [9.17, 15) is 9.59 Å². The highest BCUT2D eigenvalue weighted by molar-refractivity contribution is 8.26. The van der Waals surface area contributed by atoms with Crippen LogP contribution in [-0.4, -0.2) is 40.8 Å². The smallest absolute Gasteiger partial charge is 0.266 e. The number of para-hydroxylation sites is 1. The van der Waals surface area contributed by atoms with Crippen LogP contribution in [0.15, 0.2) is 77.7 Å². The van der Waals surface area contributed by atoms with E-state index in [2.05, 4.69) is 5.32 Å². The maximum Gasteiger partial charge on any atom is 0.266 e. The lowest BCUT2D eigenvalue weighted by Crippen LogP contribution is -2.30. The van der Waals surface area contributed by atoms with Gasteiger partial charge in [0.1, 0.15) is 4.32 Å². The van der Waals surface area contributed by atoms with Gasteiger partial charge in [0.15, 0.2) is 18.1 Å². The summed E-state index contributed by atoms with van der Waals surface area (Å²) in [7, 11) is 0. The zero-order valence-electron chi connectivity index (χ0n) is 21.4. The third kappa shape index (κ3) is 7.02. The van der Waals surface area contributed by atoms with Gasteiger partial charge in [-0.25, -0.2) is 0 Å². The van der Waals surface area contributed by atoms with Crippen molar-refractivity contribution < 1.29 is 19.1 Å². The standard InChI is InChI=1S/C30H30N2O4S2/c1-3-23-12-8-9-13-24(23)31-28(33)20-36-25-15-14-22(18-26(25)35-4-2)19-27-29(34)32(30(37)38-27)17-16-21-10-6-5-7-11-21/h5-15,18-19H,3-4,16-17,20H2,1-2H3,(H,31,33)/b27-19-. The second-order valence-corrected chi connectivity index (χ2v) is 10.2. The molecule has 2 amide bonds. The number of hydrogen-bond acceptors (Lipinski definition) is 6. The van der Waals surface area contributed by atoms with Crippen LogP contribution in [0, 0.1) is 0 Å². The van der Waals surface area contributed by atoms with Gasteiger partial charge in [-0.2, -0.15) is 0 Å². The molecule has 6 nitrogen and oxygen atoms in total. The molecular weight excluding hydrogens is 516 g/mol. The van der Waals surface area contributed by atoms with Crippen molar-refractivity contribution >= 4 is 51.9 Å². The van der Waals surface area contributed by atoms with Crippen LogP contribution in [0.2, 0.25) is 0 Å². The van der Waals surface area contributed by atoms with E-state index in [1.807, 2.05) is 80.6 Å². The average molecular weight is 547 g/mol. The fourth-order valence-corrected chi connectivity index (χ4v) is 5.32. The molecule has 0 saturated carbocycles. The Hall–Kier alpha value is -3.62. The summed E-state index contributed by atoms with van der Waals surface area (Å²) in [6.07, 6.45) is 3.36. The predicted octanol–water partition coefficient (Wildman–Crippen LogP) is 6.11. The normalized spacial score (nSPS) is 14.2. The molecule has 0 spiro atoms. The first-order valence-electron chi connectivity index (χ1n) is 12.5. The minimum absolute atomic E-state index is 0.0988. The number of carbonyl (C=O) groups is 2. The van der Waals surface area contributed by atoms with E-state index in [0.29, 0.717) is 33.9 Å². The summed E-state index contributed by atoms with van der Waals surface area (Å²) in [6.45, 7) is 4.73. The zero-order chi connectivity index (χ0) is 26.9. The van der Waals surface area contributed by atoms with Gasteiger partial charge in [-0.3, -0.25) is 14.5 Å². The summed E-state index contributed by atoms with van der Waals surface area (Å²) in [4.78, 5) is 27.8. The number of thiocarbonyl (C=S) groups is 1. The van der Waals surface area contributed by atoms with Crippen LogP contribution in [-0.2, 0) is 22.4 Å². The van der Waals surface area contributed by atoms with Crippen LogP contribution in [0.4, 0.5) is 5.69 Å². The van der Waals surface area contributed by atoms with Gasteiger partial charge in [0.2, 0.25) is 0 Å². The van der Waals surface area contributed by atoms with Gasteiger partial charge in [0.25, 0.3) is 11.8 Å². The fourth-order valence-electron chi connectivity index (χ4n) is 4.01. The molecule has 8 heteroatoms. The van der Waals surface area contributed by atoms with Crippen LogP contribution in [0.5, 0.6) is 11.5 Å². The number of nitrogens with one attached hydrogen (secondary N) is 1. The lowest BCUT2D eigenvalue weighted by Gasteiger charge is -2.14. The Morgan fingerprint density at radius 3 is 2.53 bits per heavy atom. The Kier molecular flexibility index (Phi) is 9.56. The van der Waals surface area contributed by atoms with E-state index in [0.717, 1.165) is 35.2 Å². The van der Waals surface area contributed by atoms with Gasteiger partial charge in [-0.1, -0.05) is 85.5 Å². The molecule has 0 radical (unpaired) electrons. The Morgan fingerprint density at radius 2 is 1.76 bits per heavy atom. The predicted molar refractivity (Wildman–Crippen MR) is 158 cm³/mol. The van der Waals surface area contributed by atoms with Crippen molar-refractivity contribution in [3.05, 3.63) is 94.4 Å². The van der Waals surface area contributed by atoms with E-state index in [1.54, 1.807) is 17.0 Å². The molecule has 3 aromatic rings. The van der Waals surface area contributed by atoms with Crippen LogP contribution in [0.3, 0.4) is 0 Å². The summed E-state index contributed by atoms with van der Waals surface area (Å²) in [5.41, 5.74) is 3.78. The van der Waals surface area contributed by atoms with Crippen molar-refractivity contribution in [1.29, 1.82) is 0 Å². The molecule has 196 valence electrons. The summed E-state index contributed by atoms with van der Waals surface area (Å²) in [5, 5.41) is 2.91. The number of carbonyl (C=O) groups excluding carboxylic acids is 2. The number of benzene rings is 3. The molecule has 38 heavy (non-hydrogen) atoms. The molecule has 1 aliphatic heterocycles. The molecule has 3 aromatic carbocycles. The van der Waals surface area contributed by atoms with E-state index >= 15 is 0 Å². The third-order valence-corrected chi connectivity index (χ3v) is 7.31. The van der Waals surface area contributed by atoms with Gasteiger partial charge in [0.05, 0.1) is 11.5 Å². The topological polar surface area (TPSA) is 67.9 Å². The molecule has 0 bridgehead atoms. The number of anilines is 1. The molecule has 4 rings (SSSR count). The number of ether oxygens (including phenoxy) is 2. The van der Waals surface area contributed by atoms with Crippen LogP contribution in [0.1, 0.15) is 30.5 Å². The molecule has 1 heterocycles. The Bertz CT molecular complexity index is 1340. The van der Waals surface area contributed by atoms with Crippen molar-refractivity contribution in [2.75, 3.05) is 25.1 Å². The molecule has 0 aliphatic carbocycles.